The van der Waals surface area contributed by atoms with E-state index in [1.807, 2.05) is 30.3 Å². The molecule has 7 heteroatoms. The second kappa shape index (κ2) is 7.88. The van der Waals surface area contributed by atoms with Crippen molar-refractivity contribution >= 4 is 12.1 Å². The lowest BCUT2D eigenvalue weighted by Crippen LogP contribution is -2.43. The highest BCUT2D eigenvalue weighted by atomic mass is 19.1. The predicted molar refractivity (Wildman–Crippen MR) is 101 cm³/mol. The molecular formula is C21H22FN3O3. The average Bonchev–Trinajstić information content (AvgIpc) is 3.24. The van der Waals surface area contributed by atoms with E-state index in [4.69, 9.17) is 4.74 Å². The van der Waals surface area contributed by atoms with E-state index in [0.717, 1.165) is 11.1 Å². The van der Waals surface area contributed by atoms with E-state index in [1.54, 1.807) is 21.9 Å². The average molecular weight is 383 g/mol. The second-order valence-corrected chi connectivity index (χ2v) is 7.11. The minimum Gasteiger partial charge on any atom is -0.442 e. The Morgan fingerprint density at radius 3 is 2.57 bits per heavy atom. The fourth-order valence-corrected chi connectivity index (χ4v) is 3.71. The standard InChI is InChI=1S/C21H22FN3O3/c22-17-8-6-15(7-9-17)10-11-25-18-13-24(14-19(18)28-21(25)27)20(26)23-12-16-4-2-1-3-5-16/h1-9,18-19H,10-14H2,(H,23,26)/t18-,19+/m1/s1. The molecule has 2 heterocycles. The highest BCUT2D eigenvalue weighted by Crippen LogP contribution is 2.27. The van der Waals surface area contributed by atoms with E-state index in [2.05, 4.69) is 5.32 Å². The van der Waals surface area contributed by atoms with Gasteiger partial charge < -0.3 is 15.0 Å². The van der Waals surface area contributed by atoms with E-state index >= 15 is 0 Å². The molecule has 28 heavy (non-hydrogen) atoms. The van der Waals surface area contributed by atoms with Crippen LogP contribution >= 0.6 is 0 Å². The quantitative estimate of drug-likeness (QED) is 0.864. The number of hydrogen-bond donors (Lipinski definition) is 1. The lowest BCUT2D eigenvalue weighted by Gasteiger charge is -2.22. The number of nitrogens with one attached hydrogen (secondary N) is 1. The molecule has 0 bridgehead atoms. The van der Waals surface area contributed by atoms with Crippen molar-refractivity contribution in [2.75, 3.05) is 19.6 Å². The van der Waals surface area contributed by atoms with Gasteiger partial charge in [0.1, 0.15) is 11.9 Å². The number of likely N-dealkylation sites (tertiary alicyclic amines) is 1. The van der Waals surface area contributed by atoms with Gasteiger partial charge in [0.2, 0.25) is 0 Å². The molecule has 0 radical (unpaired) electrons. The minimum absolute atomic E-state index is 0.143. The summed E-state index contributed by atoms with van der Waals surface area (Å²) in [5.41, 5.74) is 1.98. The smallest absolute Gasteiger partial charge is 0.410 e. The number of halogens is 1. The van der Waals surface area contributed by atoms with Crippen molar-refractivity contribution in [1.82, 2.24) is 15.1 Å². The maximum absolute atomic E-state index is 13.0. The van der Waals surface area contributed by atoms with Crippen LogP contribution in [0, 0.1) is 5.82 Å². The van der Waals surface area contributed by atoms with Gasteiger partial charge >= 0.3 is 12.1 Å². The zero-order valence-electron chi connectivity index (χ0n) is 15.4. The summed E-state index contributed by atoms with van der Waals surface area (Å²) in [6, 6.07) is 15.7. The number of hydrogen-bond acceptors (Lipinski definition) is 3. The summed E-state index contributed by atoms with van der Waals surface area (Å²) in [6.45, 7) is 1.77. The van der Waals surface area contributed by atoms with Crippen LogP contribution in [0.5, 0.6) is 0 Å². The van der Waals surface area contributed by atoms with Crippen LogP contribution in [0.15, 0.2) is 54.6 Å². The maximum atomic E-state index is 13.0. The molecule has 2 aromatic rings. The third kappa shape index (κ3) is 3.93. The Kier molecular flexibility index (Phi) is 5.14. The Bertz CT molecular complexity index is 844. The SMILES string of the molecule is O=C(NCc1ccccc1)N1C[C@@H]2OC(=O)N(CCc3ccc(F)cc3)[C@@H]2C1. The summed E-state index contributed by atoms with van der Waals surface area (Å²) in [5, 5.41) is 2.91. The number of urea groups is 1. The van der Waals surface area contributed by atoms with E-state index < -0.39 is 0 Å². The number of carbonyl (C=O) groups excluding carboxylic acids is 2. The fourth-order valence-electron chi connectivity index (χ4n) is 3.71. The van der Waals surface area contributed by atoms with E-state index in [1.165, 1.54) is 12.1 Å². The molecule has 2 saturated heterocycles. The molecule has 4 rings (SSSR count). The summed E-state index contributed by atoms with van der Waals surface area (Å²) < 4.78 is 18.5. The normalized spacial score (nSPS) is 20.8. The van der Waals surface area contributed by atoms with Crippen LogP contribution in [0.1, 0.15) is 11.1 Å². The number of amides is 3. The minimum atomic E-state index is -0.346. The largest absolute Gasteiger partial charge is 0.442 e. The first-order chi connectivity index (χ1) is 13.6. The van der Waals surface area contributed by atoms with Crippen LogP contribution in [-0.4, -0.2) is 53.7 Å². The topological polar surface area (TPSA) is 61.9 Å². The number of benzene rings is 2. The van der Waals surface area contributed by atoms with Gasteiger partial charge in [-0.1, -0.05) is 42.5 Å². The van der Waals surface area contributed by atoms with Gasteiger partial charge in [-0.2, -0.15) is 0 Å². The van der Waals surface area contributed by atoms with Crippen molar-refractivity contribution < 1.29 is 18.7 Å². The molecule has 0 saturated carbocycles. The maximum Gasteiger partial charge on any atom is 0.410 e. The third-order valence-corrected chi connectivity index (χ3v) is 5.25. The van der Waals surface area contributed by atoms with Gasteiger partial charge in [-0.3, -0.25) is 4.90 Å². The summed E-state index contributed by atoms with van der Waals surface area (Å²) in [7, 11) is 0. The van der Waals surface area contributed by atoms with Crippen LogP contribution < -0.4 is 5.32 Å². The van der Waals surface area contributed by atoms with Crippen molar-refractivity contribution in [1.29, 1.82) is 0 Å². The Hall–Kier alpha value is -3.09. The second-order valence-electron chi connectivity index (χ2n) is 7.11. The molecule has 0 aliphatic carbocycles. The number of carbonyl (C=O) groups is 2. The highest BCUT2D eigenvalue weighted by molar-refractivity contribution is 5.76. The number of rotatable bonds is 5. The Balaban J connectivity index is 1.31. The lowest BCUT2D eigenvalue weighted by molar-refractivity contribution is 0.123. The van der Waals surface area contributed by atoms with E-state index in [-0.39, 0.29) is 30.1 Å². The molecule has 2 aliphatic rings. The van der Waals surface area contributed by atoms with Gasteiger partial charge in [0.25, 0.3) is 0 Å². The number of fused-ring (bicyclic) bond motifs is 1. The van der Waals surface area contributed by atoms with Gasteiger partial charge in [-0.25, -0.2) is 14.0 Å². The molecular weight excluding hydrogens is 361 g/mol. The molecule has 146 valence electrons. The zero-order valence-corrected chi connectivity index (χ0v) is 15.4. The van der Waals surface area contributed by atoms with Crippen LogP contribution in [0.25, 0.3) is 0 Å². The van der Waals surface area contributed by atoms with Gasteiger partial charge in [0.15, 0.2) is 0 Å². The first-order valence-electron chi connectivity index (χ1n) is 9.38. The van der Waals surface area contributed by atoms with E-state index in [9.17, 15) is 14.0 Å². The van der Waals surface area contributed by atoms with Crippen LogP contribution in [0.3, 0.4) is 0 Å². The molecule has 0 spiro atoms. The third-order valence-electron chi connectivity index (χ3n) is 5.25. The van der Waals surface area contributed by atoms with Gasteiger partial charge in [-0.05, 0) is 29.7 Å². The summed E-state index contributed by atoms with van der Waals surface area (Å²) in [4.78, 5) is 28.0. The number of nitrogens with zero attached hydrogens (tertiary/aromatic N) is 2. The summed E-state index contributed by atoms with van der Waals surface area (Å²) >= 11 is 0. The predicted octanol–water partition coefficient (Wildman–Crippen LogP) is 2.78. The molecule has 0 aromatic heterocycles. The van der Waals surface area contributed by atoms with Crippen molar-refractivity contribution in [3.8, 4) is 0 Å². The van der Waals surface area contributed by atoms with Crippen LogP contribution in [0.4, 0.5) is 14.0 Å². The monoisotopic (exact) mass is 383 g/mol. The first kappa shape index (κ1) is 18.3. The van der Waals surface area contributed by atoms with E-state index in [0.29, 0.717) is 32.6 Å². The fraction of sp³-hybridized carbons (Fsp3) is 0.333. The Morgan fingerprint density at radius 1 is 1.07 bits per heavy atom. The molecule has 2 fully saturated rings. The summed E-state index contributed by atoms with van der Waals surface area (Å²) in [6.07, 6.45) is -0.0385. The van der Waals surface area contributed by atoms with Crippen molar-refractivity contribution in [3.05, 3.63) is 71.5 Å². The number of ether oxygens (including phenoxy) is 1. The van der Waals surface area contributed by atoms with Crippen LogP contribution in [0.2, 0.25) is 0 Å². The molecule has 1 N–H and O–H groups in total. The molecule has 3 amide bonds. The molecule has 2 atom stereocenters. The van der Waals surface area contributed by atoms with Crippen molar-refractivity contribution in [3.63, 3.8) is 0 Å². The molecule has 2 aliphatic heterocycles. The van der Waals surface area contributed by atoms with Crippen molar-refractivity contribution in [2.24, 2.45) is 0 Å². The summed E-state index contributed by atoms with van der Waals surface area (Å²) in [5.74, 6) is -0.280. The Morgan fingerprint density at radius 2 is 1.82 bits per heavy atom. The molecule has 2 aromatic carbocycles. The van der Waals surface area contributed by atoms with Gasteiger partial charge in [0.05, 0.1) is 12.6 Å². The first-order valence-corrected chi connectivity index (χ1v) is 9.38. The molecule has 6 nitrogen and oxygen atoms in total. The van der Waals surface area contributed by atoms with Crippen molar-refractivity contribution in [2.45, 2.75) is 25.1 Å². The Labute approximate surface area is 162 Å². The van der Waals surface area contributed by atoms with Gasteiger partial charge in [0, 0.05) is 19.6 Å². The zero-order chi connectivity index (χ0) is 19.5. The van der Waals surface area contributed by atoms with Crippen LogP contribution in [-0.2, 0) is 17.7 Å². The van der Waals surface area contributed by atoms with Gasteiger partial charge in [-0.15, -0.1) is 0 Å². The lowest BCUT2D eigenvalue weighted by atomic mass is 10.1. The molecule has 0 unspecified atom stereocenters. The highest BCUT2D eigenvalue weighted by Gasteiger charge is 2.48.